The number of hydrogen-bond acceptors (Lipinski definition) is 5. The summed E-state index contributed by atoms with van der Waals surface area (Å²) < 4.78 is 19.3. The molecule has 2 aromatic rings. The molecule has 4 rings (SSSR count). The van der Waals surface area contributed by atoms with Crippen molar-refractivity contribution in [2.75, 3.05) is 44.8 Å². The van der Waals surface area contributed by atoms with Gasteiger partial charge in [-0.05, 0) is 56.2 Å². The highest BCUT2D eigenvalue weighted by atomic mass is 127. The molecule has 0 radical (unpaired) electrons. The van der Waals surface area contributed by atoms with Gasteiger partial charge in [-0.3, -0.25) is 9.67 Å². The van der Waals surface area contributed by atoms with Crippen molar-refractivity contribution in [1.82, 2.24) is 15.1 Å². The number of aliphatic imine (C=N–C) groups is 1. The summed E-state index contributed by atoms with van der Waals surface area (Å²) in [6.07, 6.45) is 9.35. The minimum Gasteiger partial charge on any atom is -0.490 e. The summed E-state index contributed by atoms with van der Waals surface area (Å²) in [4.78, 5) is 4.77. The molecule has 0 unspecified atom stereocenters. The monoisotopic (exact) mass is 569 g/mol. The van der Waals surface area contributed by atoms with Crippen molar-refractivity contribution in [2.24, 2.45) is 10.9 Å². The van der Waals surface area contributed by atoms with Gasteiger partial charge in [0.25, 0.3) is 0 Å². The van der Waals surface area contributed by atoms with Gasteiger partial charge in [0.1, 0.15) is 0 Å². The van der Waals surface area contributed by atoms with Crippen LogP contribution in [0.15, 0.2) is 35.6 Å². The van der Waals surface area contributed by atoms with Crippen LogP contribution in [0.5, 0.6) is 11.5 Å². The second kappa shape index (κ2) is 13.6. The Labute approximate surface area is 213 Å². The number of nitrogens with one attached hydrogen (secondary N) is 2. The molecule has 0 amide bonds. The molecule has 182 valence electrons. The number of benzene rings is 1. The Balaban J connectivity index is 0.00000306. The van der Waals surface area contributed by atoms with Crippen molar-refractivity contribution < 1.29 is 14.2 Å². The van der Waals surface area contributed by atoms with E-state index >= 15 is 0 Å². The number of ether oxygens (including phenoxy) is 3. The van der Waals surface area contributed by atoms with Crippen LogP contribution in [0.2, 0.25) is 0 Å². The van der Waals surface area contributed by atoms with E-state index in [1.54, 1.807) is 0 Å². The molecule has 9 heteroatoms. The van der Waals surface area contributed by atoms with E-state index in [9.17, 15) is 0 Å². The first-order valence-electron chi connectivity index (χ1n) is 11.8. The minimum atomic E-state index is 0. The average molecular weight is 569 g/mol. The van der Waals surface area contributed by atoms with E-state index in [1.165, 1.54) is 18.4 Å². The SMILES string of the molecule is Cc1cnn(CCCN=C(NCCCOCC2CC2)Nc2ccc3c(c2)OCCCO3)c1.I. The fourth-order valence-electron chi connectivity index (χ4n) is 3.45. The molecule has 1 aliphatic carbocycles. The first-order valence-corrected chi connectivity index (χ1v) is 11.8. The molecule has 33 heavy (non-hydrogen) atoms. The Bertz CT molecular complexity index is 885. The first kappa shape index (κ1) is 25.6. The van der Waals surface area contributed by atoms with E-state index in [4.69, 9.17) is 19.2 Å². The van der Waals surface area contributed by atoms with Gasteiger partial charge in [-0.15, -0.1) is 24.0 Å². The summed E-state index contributed by atoms with van der Waals surface area (Å²) in [5, 5.41) is 11.2. The van der Waals surface area contributed by atoms with E-state index in [1.807, 2.05) is 29.1 Å². The Hall–Kier alpha value is -2.01. The maximum atomic E-state index is 5.82. The molecule has 0 saturated heterocycles. The van der Waals surface area contributed by atoms with Gasteiger partial charge in [0, 0.05) is 57.2 Å². The lowest BCUT2D eigenvalue weighted by Gasteiger charge is -2.15. The predicted octanol–water partition coefficient (Wildman–Crippen LogP) is 4.24. The quantitative estimate of drug-likeness (QED) is 0.183. The number of anilines is 1. The molecule has 1 aromatic heterocycles. The standard InChI is InChI=1S/C24H35N5O3.HI/c1-19-16-27-29(17-19)11-2-9-25-24(26-10-3-12-30-18-20-5-6-20)28-21-7-8-22-23(15-21)32-14-4-13-31-22;/h7-8,15-17,20H,2-6,9-14,18H2,1H3,(H2,25,26,28);1H. The van der Waals surface area contributed by atoms with Gasteiger partial charge in [-0.25, -0.2) is 0 Å². The summed E-state index contributed by atoms with van der Waals surface area (Å²) >= 11 is 0. The van der Waals surface area contributed by atoms with E-state index in [2.05, 4.69) is 28.9 Å². The molecular formula is C24H36IN5O3. The fourth-order valence-corrected chi connectivity index (χ4v) is 3.45. The lowest BCUT2D eigenvalue weighted by Crippen LogP contribution is -2.32. The molecule has 1 aromatic carbocycles. The summed E-state index contributed by atoms with van der Waals surface area (Å²) in [6.45, 7) is 7.45. The molecular weight excluding hydrogens is 533 g/mol. The average Bonchev–Trinajstić information content (AvgIpc) is 3.57. The highest BCUT2D eigenvalue weighted by Crippen LogP contribution is 2.32. The van der Waals surface area contributed by atoms with Gasteiger partial charge < -0.3 is 24.8 Å². The third kappa shape index (κ3) is 9.04. The molecule has 1 aliphatic heterocycles. The lowest BCUT2D eigenvalue weighted by atomic mass is 10.2. The molecule has 2 N–H and O–H groups in total. The molecule has 1 fully saturated rings. The maximum Gasteiger partial charge on any atom is 0.195 e. The summed E-state index contributed by atoms with van der Waals surface area (Å²) in [5.74, 6) is 3.13. The minimum absolute atomic E-state index is 0. The van der Waals surface area contributed by atoms with Crippen molar-refractivity contribution in [3.05, 3.63) is 36.2 Å². The highest BCUT2D eigenvalue weighted by Gasteiger charge is 2.20. The summed E-state index contributed by atoms with van der Waals surface area (Å²) in [7, 11) is 0. The van der Waals surface area contributed by atoms with Gasteiger partial charge >= 0.3 is 0 Å². The van der Waals surface area contributed by atoms with Crippen molar-refractivity contribution in [3.63, 3.8) is 0 Å². The Kier molecular flexibility index (Phi) is 10.6. The number of aromatic nitrogens is 2. The fraction of sp³-hybridized carbons (Fsp3) is 0.583. The number of rotatable bonds is 11. The number of halogens is 1. The third-order valence-electron chi connectivity index (χ3n) is 5.40. The number of hydrogen-bond donors (Lipinski definition) is 2. The summed E-state index contributed by atoms with van der Waals surface area (Å²) in [5.41, 5.74) is 2.10. The Morgan fingerprint density at radius 2 is 2.06 bits per heavy atom. The highest BCUT2D eigenvalue weighted by molar-refractivity contribution is 14.0. The Morgan fingerprint density at radius 3 is 2.85 bits per heavy atom. The summed E-state index contributed by atoms with van der Waals surface area (Å²) in [6, 6.07) is 5.92. The zero-order valence-electron chi connectivity index (χ0n) is 19.4. The largest absolute Gasteiger partial charge is 0.490 e. The normalized spacial score (nSPS) is 15.5. The van der Waals surface area contributed by atoms with Gasteiger partial charge in [-0.1, -0.05) is 0 Å². The van der Waals surface area contributed by atoms with Crippen LogP contribution in [0.25, 0.3) is 0 Å². The zero-order valence-corrected chi connectivity index (χ0v) is 21.8. The second-order valence-electron chi connectivity index (χ2n) is 8.50. The van der Waals surface area contributed by atoms with E-state index in [0.717, 1.165) is 74.6 Å². The smallest absolute Gasteiger partial charge is 0.195 e. The zero-order chi connectivity index (χ0) is 22.0. The molecule has 0 spiro atoms. The molecule has 0 bridgehead atoms. The van der Waals surface area contributed by atoms with Crippen LogP contribution in [0.1, 0.15) is 37.7 Å². The molecule has 1 saturated carbocycles. The molecule has 8 nitrogen and oxygen atoms in total. The van der Waals surface area contributed by atoms with E-state index in [0.29, 0.717) is 19.8 Å². The number of fused-ring (bicyclic) bond motifs is 1. The maximum absolute atomic E-state index is 5.82. The molecule has 2 aliphatic rings. The Morgan fingerprint density at radius 1 is 1.21 bits per heavy atom. The van der Waals surface area contributed by atoms with E-state index < -0.39 is 0 Å². The molecule has 0 atom stereocenters. The lowest BCUT2D eigenvalue weighted by molar-refractivity contribution is 0.123. The number of guanidine groups is 1. The van der Waals surface area contributed by atoms with Crippen LogP contribution in [0.3, 0.4) is 0 Å². The van der Waals surface area contributed by atoms with Crippen LogP contribution in [-0.2, 0) is 11.3 Å². The van der Waals surface area contributed by atoms with Crippen molar-refractivity contribution in [3.8, 4) is 11.5 Å². The van der Waals surface area contributed by atoms with E-state index in [-0.39, 0.29) is 24.0 Å². The second-order valence-corrected chi connectivity index (χ2v) is 8.50. The van der Waals surface area contributed by atoms with Crippen LogP contribution in [0, 0.1) is 12.8 Å². The van der Waals surface area contributed by atoms with Crippen molar-refractivity contribution in [1.29, 1.82) is 0 Å². The number of aryl methyl sites for hydroxylation is 2. The molecule has 2 heterocycles. The first-order chi connectivity index (χ1) is 15.8. The van der Waals surface area contributed by atoms with Crippen LogP contribution >= 0.6 is 24.0 Å². The van der Waals surface area contributed by atoms with Gasteiger partial charge in [0.05, 0.1) is 19.4 Å². The van der Waals surface area contributed by atoms with Gasteiger partial charge in [0.15, 0.2) is 17.5 Å². The van der Waals surface area contributed by atoms with Gasteiger partial charge in [-0.2, -0.15) is 5.10 Å². The predicted molar refractivity (Wildman–Crippen MR) is 141 cm³/mol. The van der Waals surface area contributed by atoms with Crippen molar-refractivity contribution >= 4 is 35.6 Å². The van der Waals surface area contributed by atoms with Crippen molar-refractivity contribution in [2.45, 2.75) is 45.6 Å². The topological polar surface area (TPSA) is 81.9 Å². The van der Waals surface area contributed by atoms with Crippen LogP contribution in [0.4, 0.5) is 5.69 Å². The number of nitrogens with zero attached hydrogens (tertiary/aromatic N) is 3. The third-order valence-corrected chi connectivity index (χ3v) is 5.40. The van der Waals surface area contributed by atoms with Crippen LogP contribution in [-0.4, -0.2) is 55.3 Å². The van der Waals surface area contributed by atoms with Crippen LogP contribution < -0.4 is 20.1 Å². The van der Waals surface area contributed by atoms with Gasteiger partial charge in [0.2, 0.25) is 0 Å².